The van der Waals surface area contributed by atoms with Crippen molar-refractivity contribution < 1.29 is 14.3 Å². The van der Waals surface area contributed by atoms with Gasteiger partial charge in [0.25, 0.3) is 0 Å². The normalized spacial score (nSPS) is 15.0. The average Bonchev–Trinajstić information content (AvgIpc) is 2.93. The molecule has 1 amide bonds. The maximum atomic E-state index is 12.7. The van der Waals surface area contributed by atoms with Gasteiger partial charge in [-0.15, -0.1) is 0 Å². The molecule has 9 heteroatoms. The first-order valence-electron chi connectivity index (χ1n) is 9.56. The zero-order valence-corrected chi connectivity index (χ0v) is 17.0. The number of nitrogens with zero attached hydrogens (tertiary/aromatic N) is 5. The van der Waals surface area contributed by atoms with Crippen molar-refractivity contribution in [2.24, 2.45) is 0 Å². The third-order valence-corrected chi connectivity index (χ3v) is 4.39. The molecule has 0 unspecified atom stereocenters. The standard InChI is InChI=1S/C20H26N6O3/c1-20(2,3)29-19(28)26-11-5-10-25(12-13-26)18-23-9-7-15(24-18)16(27)14-6-4-8-22-17(14)21/h4,6-9H,5,10-13H2,1-3H3,(H2,21,22). The number of hydrogen-bond donors (Lipinski definition) is 1. The van der Waals surface area contributed by atoms with Crippen LogP contribution in [0, 0.1) is 0 Å². The number of ether oxygens (including phenoxy) is 1. The van der Waals surface area contributed by atoms with Crippen molar-refractivity contribution in [3.63, 3.8) is 0 Å². The number of aromatic nitrogens is 3. The van der Waals surface area contributed by atoms with Crippen molar-refractivity contribution in [3.05, 3.63) is 41.9 Å². The fourth-order valence-corrected chi connectivity index (χ4v) is 3.00. The van der Waals surface area contributed by atoms with E-state index in [1.54, 1.807) is 29.3 Å². The lowest BCUT2D eigenvalue weighted by atomic mass is 10.1. The lowest BCUT2D eigenvalue weighted by Crippen LogP contribution is -2.39. The Hall–Kier alpha value is -3.23. The molecule has 0 saturated carbocycles. The van der Waals surface area contributed by atoms with E-state index < -0.39 is 5.60 Å². The third-order valence-electron chi connectivity index (χ3n) is 4.39. The largest absolute Gasteiger partial charge is 0.444 e. The Balaban J connectivity index is 1.72. The summed E-state index contributed by atoms with van der Waals surface area (Å²) in [4.78, 5) is 41.4. The van der Waals surface area contributed by atoms with Crippen LogP contribution in [0.3, 0.4) is 0 Å². The number of carbonyl (C=O) groups excluding carboxylic acids is 2. The number of carbonyl (C=O) groups is 2. The fourth-order valence-electron chi connectivity index (χ4n) is 3.00. The maximum Gasteiger partial charge on any atom is 0.410 e. The molecule has 2 N–H and O–H groups in total. The van der Waals surface area contributed by atoms with Crippen LogP contribution in [0.2, 0.25) is 0 Å². The topological polar surface area (TPSA) is 115 Å². The molecule has 0 spiro atoms. The van der Waals surface area contributed by atoms with Crippen molar-refractivity contribution in [3.8, 4) is 0 Å². The van der Waals surface area contributed by atoms with Gasteiger partial charge in [0, 0.05) is 38.6 Å². The molecular weight excluding hydrogens is 372 g/mol. The Bertz CT molecular complexity index is 896. The van der Waals surface area contributed by atoms with Gasteiger partial charge in [-0.25, -0.2) is 19.7 Å². The molecule has 1 aliphatic rings. The lowest BCUT2D eigenvalue weighted by molar-refractivity contribution is 0.0263. The van der Waals surface area contributed by atoms with E-state index in [9.17, 15) is 9.59 Å². The van der Waals surface area contributed by atoms with Crippen LogP contribution >= 0.6 is 0 Å². The zero-order valence-electron chi connectivity index (χ0n) is 17.0. The summed E-state index contributed by atoms with van der Waals surface area (Å²) in [5.74, 6) is 0.314. The van der Waals surface area contributed by atoms with E-state index in [1.165, 1.54) is 6.20 Å². The fraction of sp³-hybridized carbons (Fsp3) is 0.450. The van der Waals surface area contributed by atoms with Gasteiger partial charge in [-0.1, -0.05) is 0 Å². The highest BCUT2D eigenvalue weighted by atomic mass is 16.6. The number of nitrogens with two attached hydrogens (primary N) is 1. The molecule has 29 heavy (non-hydrogen) atoms. The first-order valence-corrected chi connectivity index (χ1v) is 9.56. The number of ketones is 1. The summed E-state index contributed by atoms with van der Waals surface area (Å²) in [6.45, 7) is 7.85. The summed E-state index contributed by atoms with van der Waals surface area (Å²) < 4.78 is 5.46. The van der Waals surface area contributed by atoms with Crippen LogP contribution in [0.4, 0.5) is 16.6 Å². The molecule has 3 rings (SSSR count). The van der Waals surface area contributed by atoms with Crippen LogP contribution in [0.15, 0.2) is 30.6 Å². The maximum absolute atomic E-state index is 12.7. The number of pyridine rings is 1. The van der Waals surface area contributed by atoms with Crippen LogP contribution in [-0.4, -0.2) is 63.5 Å². The average molecular weight is 398 g/mol. The van der Waals surface area contributed by atoms with Gasteiger partial charge in [0.2, 0.25) is 11.7 Å². The number of hydrogen-bond acceptors (Lipinski definition) is 8. The Labute approximate surface area is 169 Å². The molecule has 0 aliphatic carbocycles. The van der Waals surface area contributed by atoms with Gasteiger partial charge in [0.1, 0.15) is 17.1 Å². The Morgan fingerprint density at radius 3 is 2.59 bits per heavy atom. The van der Waals surface area contributed by atoms with Crippen molar-refractivity contribution >= 4 is 23.6 Å². The number of rotatable bonds is 3. The smallest absolute Gasteiger partial charge is 0.410 e. The predicted octanol–water partition coefficient (Wildman–Crippen LogP) is 2.13. The molecule has 154 valence electrons. The molecule has 1 saturated heterocycles. The van der Waals surface area contributed by atoms with Crippen LogP contribution in [-0.2, 0) is 4.74 Å². The molecule has 0 radical (unpaired) electrons. The molecule has 0 bridgehead atoms. The SMILES string of the molecule is CC(C)(C)OC(=O)N1CCCN(c2nccc(C(=O)c3cccnc3N)n2)CC1. The van der Waals surface area contributed by atoms with Gasteiger partial charge < -0.3 is 20.3 Å². The van der Waals surface area contributed by atoms with Gasteiger partial charge in [-0.3, -0.25) is 4.79 Å². The van der Waals surface area contributed by atoms with Gasteiger partial charge in [-0.2, -0.15) is 0 Å². The summed E-state index contributed by atoms with van der Waals surface area (Å²) in [7, 11) is 0. The Morgan fingerprint density at radius 1 is 1.07 bits per heavy atom. The molecule has 3 heterocycles. The first kappa shape index (κ1) is 20.5. The summed E-state index contributed by atoms with van der Waals surface area (Å²) in [6.07, 6.45) is 3.51. The minimum Gasteiger partial charge on any atom is -0.444 e. The van der Waals surface area contributed by atoms with Gasteiger partial charge in [-0.05, 0) is 45.4 Å². The van der Waals surface area contributed by atoms with Gasteiger partial charge in [0.05, 0.1) is 5.56 Å². The van der Waals surface area contributed by atoms with E-state index in [4.69, 9.17) is 10.5 Å². The number of amides is 1. The Morgan fingerprint density at radius 2 is 1.86 bits per heavy atom. The van der Waals surface area contributed by atoms with E-state index in [-0.39, 0.29) is 23.4 Å². The van der Waals surface area contributed by atoms with E-state index in [0.717, 1.165) is 6.42 Å². The molecule has 1 fully saturated rings. The molecule has 2 aromatic rings. The van der Waals surface area contributed by atoms with Crippen LogP contribution in [0.25, 0.3) is 0 Å². The molecule has 9 nitrogen and oxygen atoms in total. The zero-order chi connectivity index (χ0) is 21.0. The van der Waals surface area contributed by atoms with E-state index in [0.29, 0.717) is 37.7 Å². The minimum absolute atomic E-state index is 0.167. The molecular formula is C20H26N6O3. The van der Waals surface area contributed by atoms with E-state index in [2.05, 4.69) is 15.0 Å². The van der Waals surface area contributed by atoms with Crippen molar-refractivity contribution in [1.82, 2.24) is 19.9 Å². The van der Waals surface area contributed by atoms with E-state index in [1.807, 2.05) is 25.7 Å². The van der Waals surface area contributed by atoms with Crippen LogP contribution in [0.1, 0.15) is 43.2 Å². The molecule has 0 aromatic carbocycles. The van der Waals surface area contributed by atoms with E-state index >= 15 is 0 Å². The first-order chi connectivity index (χ1) is 13.7. The minimum atomic E-state index is -0.533. The molecule has 0 atom stereocenters. The monoisotopic (exact) mass is 398 g/mol. The lowest BCUT2D eigenvalue weighted by Gasteiger charge is -2.26. The summed E-state index contributed by atoms with van der Waals surface area (Å²) in [5.41, 5.74) is 5.84. The molecule has 1 aliphatic heterocycles. The predicted molar refractivity (Wildman–Crippen MR) is 109 cm³/mol. The highest BCUT2D eigenvalue weighted by Gasteiger charge is 2.25. The second kappa shape index (κ2) is 8.42. The Kier molecular flexibility index (Phi) is 5.95. The highest BCUT2D eigenvalue weighted by Crippen LogP contribution is 2.17. The summed E-state index contributed by atoms with van der Waals surface area (Å²) in [5, 5.41) is 0. The highest BCUT2D eigenvalue weighted by molar-refractivity contribution is 6.10. The summed E-state index contributed by atoms with van der Waals surface area (Å²) >= 11 is 0. The van der Waals surface area contributed by atoms with Crippen molar-refractivity contribution in [2.45, 2.75) is 32.8 Å². The quantitative estimate of drug-likeness (QED) is 0.782. The third kappa shape index (κ3) is 5.18. The second-order valence-electron chi connectivity index (χ2n) is 7.82. The van der Waals surface area contributed by atoms with Crippen molar-refractivity contribution in [2.75, 3.05) is 36.8 Å². The summed E-state index contributed by atoms with van der Waals surface area (Å²) in [6, 6.07) is 4.84. The second-order valence-corrected chi connectivity index (χ2v) is 7.82. The van der Waals surface area contributed by atoms with Crippen molar-refractivity contribution in [1.29, 1.82) is 0 Å². The van der Waals surface area contributed by atoms with Crippen LogP contribution < -0.4 is 10.6 Å². The van der Waals surface area contributed by atoms with Gasteiger partial charge in [0.15, 0.2) is 0 Å². The molecule has 2 aromatic heterocycles. The number of nitrogen functional groups attached to an aromatic ring is 1. The van der Waals surface area contributed by atoms with Gasteiger partial charge >= 0.3 is 6.09 Å². The number of anilines is 2. The van der Waals surface area contributed by atoms with Crippen LogP contribution in [0.5, 0.6) is 0 Å².